The average molecular weight is 310 g/mol. The van der Waals surface area contributed by atoms with Crippen molar-refractivity contribution in [2.45, 2.75) is 19.0 Å². The van der Waals surface area contributed by atoms with Gasteiger partial charge in [0, 0.05) is 29.7 Å². The summed E-state index contributed by atoms with van der Waals surface area (Å²) < 4.78 is 10.6. The Morgan fingerprint density at radius 3 is 2.86 bits per heavy atom. The summed E-state index contributed by atoms with van der Waals surface area (Å²) in [7, 11) is 3.23. The highest BCUT2D eigenvalue weighted by atomic mass is 32.2. The lowest BCUT2D eigenvalue weighted by Gasteiger charge is -2.25. The number of ether oxygens (including phenoxy) is 2. The second kappa shape index (κ2) is 7.56. The van der Waals surface area contributed by atoms with E-state index in [1.165, 1.54) is 0 Å². The van der Waals surface area contributed by atoms with Crippen molar-refractivity contribution >= 4 is 17.7 Å². The molecule has 1 aliphatic heterocycles. The first-order valence-corrected chi connectivity index (χ1v) is 8.14. The molecular formula is C15H22N2O3S. The Morgan fingerprint density at radius 2 is 2.24 bits per heavy atom. The summed E-state index contributed by atoms with van der Waals surface area (Å²) in [6, 6.07) is 5.38. The van der Waals surface area contributed by atoms with Crippen LogP contribution in [-0.4, -0.2) is 44.2 Å². The zero-order valence-corrected chi connectivity index (χ0v) is 13.5. The van der Waals surface area contributed by atoms with Crippen LogP contribution in [0.2, 0.25) is 0 Å². The summed E-state index contributed by atoms with van der Waals surface area (Å²) >= 11 is 1.80. The number of hydrogen-bond acceptors (Lipinski definition) is 5. The molecular weight excluding hydrogens is 288 g/mol. The van der Waals surface area contributed by atoms with Gasteiger partial charge in [-0.3, -0.25) is 4.79 Å². The highest BCUT2D eigenvalue weighted by Gasteiger charge is 2.23. The maximum atomic E-state index is 12.3. The molecule has 2 atom stereocenters. The van der Waals surface area contributed by atoms with E-state index >= 15 is 0 Å². The van der Waals surface area contributed by atoms with E-state index in [0.29, 0.717) is 5.75 Å². The molecule has 0 radical (unpaired) electrons. The first-order valence-electron chi connectivity index (χ1n) is 6.99. The van der Waals surface area contributed by atoms with Gasteiger partial charge in [-0.05, 0) is 19.1 Å². The second-order valence-corrected chi connectivity index (χ2v) is 6.07. The lowest BCUT2D eigenvalue weighted by molar-refractivity contribution is -0.123. The molecule has 1 fully saturated rings. The fourth-order valence-electron chi connectivity index (χ4n) is 2.30. The van der Waals surface area contributed by atoms with Crippen LogP contribution < -0.4 is 20.1 Å². The summed E-state index contributed by atoms with van der Waals surface area (Å²) in [5.74, 6) is 3.37. The molecule has 0 spiro atoms. The average Bonchev–Trinajstić information content (AvgIpc) is 2.54. The normalized spacial score (nSPS) is 19.7. The SMILES string of the molecule is COc1ccc(C(C)NC(=O)C2CSCCN2)c(OC)c1. The molecule has 2 unspecified atom stereocenters. The molecule has 1 aliphatic rings. The Labute approximate surface area is 129 Å². The molecule has 0 aromatic heterocycles. The number of carbonyl (C=O) groups is 1. The third kappa shape index (κ3) is 4.04. The van der Waals surface area contributed by atoms with Crippen molar-refractivity contribution in [2.75, 3.05) is 32.3 Å². The van der Waals surface area contributed by atoms with Gasteiger partial charge in [-0.25, -0.2) is 0 Å². The quantitative estimate of drug-likeness (QED) is 0.865. The zero-order valence-electron chi connectivity index (χ0n) is 12.6. The summed E-state index contributed by atoms with van der Waals surface area (Å²) in [5, 5.41) is 6.28. The molecule has 1 aromatic rings. The lowest BCUT2D eigenvalue weighted by atomic mass is 10.1. The molecule has 1 saturated heterocycles. The minimum absolute atomic E-state index is 0.0348. The maximum absolute atomic E-state index is 12.3. The van der Waals surface area contributed by atoms with Crippen LogP contribution in [0.25, 0.3) is 0 Å². The van der Waals surface area contributed by atoms with Crippen molar-refractivity contribution in [3.63, 3.8) is 0 Å². The number of thioether (sulfide) groups is 1. The molecule has 5 nitrogen and oxygen atoms in total. The molecule has 116 valence electrons. The van der Waals surface area contributed by atoms with Gasteiger partial charge in [0.05, 0.1) is 26.3 Å². The van der Waals surface area contributed by atoms with Gasteiger partial charge >= 0.3 is 0 Å². The number of hydrogen-bond donors (Lipinski definition) is 2. The fraction of sp³-hybridized carbons (Fsp3) is 0.533. The Morgan fingerprint density at radius 1 is 1.43 bits per heavy atom. The summed E-state index contributed by atoms with van der Waals surface area (Å²) in [5.41, 5.74) is 0.940. The van der Waals surface area contributed by atoms with Crippen molar-refractivity contribution < 1.29 is 14.3 Å². The summed E-state index contributed by atoms with van der Waals surface area (Å²) in [4.78, 5) is 12.3. The minimum atomic E-state index is -0.118. The molecule has 2 N–H and O–H groups in total. The number of amides is 1. The van der Waals surface area contributed by atoms with E-state index < -0.39 is 0 Å². The van der Waals surface area contributed by atoms with Crippen molar-refractivity contribution in [2.24, 2.45) is 0 Å². The molecule has 21 heavy (non-hydrogen) atoms. The predicted octanol–water partition coefficient (Wildman–Crippen LogP) is 1.59. The number of benzene rings is 1. The Balaban J connectivity index is 2.05. The van der Waals surface area contributed by atoms with Gasteiger partial charge in [-0.2, -0.15) is 11.8 Å². The molecule has 0 aliphatic carbocycles. The van der Waals surface area contributed by atoms with Gasteiger partial charge in [0.15, 0.2) is 0 Å². The van der Waals surface area contributed by atoms with Crippen molar-refractivity contribution in [3.8, 4) is 11.5 Å². The minimum Gasteiger partial charge on any atom is -0.497 e. The predicted molar refractivity (Wildman–Crippen MR) is 85.2 cm³/mol. The van der Waals surface area contributed by atoms with Gasteiger partial charge in [-0.15, -0.1) is 0 Å². The summed E-state index contributed by atoms with van der Waals surface area (Å²) in [6.45, 7) is 2.83. The molecule has 2 rings (SSSR count). The standard InChI is InChI=1S/C15H22N2O3S/c1-10(17-15(18)13-9-21-7-6-16-13)12-5-4-11(19-2)8-14(12)20-3/h4-5,8,10,13,16H,6-7,9H2,1-3H3,(H,17,18). The Bertz CT molecular complexity index is 490. The van der Waals surface area contributed by atoms with Crippen molar-refractivity contribution in [1.29, 1.82) is 0 Å². The van der Waals surface area contributed by atoms with Gasteiger partial charge in [0.2, 0.25) is 5.91 Å². The van der Waals surface area contributed by atoms with Crippen LogP contribution in [0.15, 0.2) is 18.2 Å². The Kier molecular flexibility index (Phi) is 5.76. The lowest BCUT2D eigenvalue weighted by Crippen LogP contribution is -2.49. The van der Waals surface area contributed by atoms with Crippen LogP contribution in [-0.2, 0) is 4.79 Å². The zero-order chi connectivity index (χ0) is 15.2. The maximum Gasteiger partial charge on any atom is 0.238 e. The van der Waals surface area contributed by atoms with E-state index in [1.54, 1.807) is 26.0 Å². The smallest absolute Gasteiger partial charge is 0.238 e. The van der Waals surface area contributed by atoms with Crippen LogP contribution in [0.5, 0.6) is 11.5 Å². The third-order valence-electron chi connectivity index (χ3n) is 3.50. The van der Waals surface area contributed by atoms with Gasteiger partial charge < -0.3 is 20.1 Å². The molecule has 1 aromatic carbocycles. The number of carbonyl (C=O) groups excluding carboxylic acids is 1. The van der Waals surface area contributed by atoms with Crippen LogP contribution in [0.4, 0.5) is 0 Å². The van der Waals surface area contributed by atoms with Crippen LogP contribution in [0.1, 0.15) is 18.5 Å². The Hall–Kier alpha value is -1.40. The molecule has 1 heterocycles. The van der Waals surface area contributed by atoms with Crippen LogP contribution in [0, 0.1) is 0 Å². The number of nitrogens with one attached hydrogen (secondary N) is 2. The largest absolute Gasteiger partial charge is 0.497 e. The first kappa shape index (κ1) is 16.0. The monoisotopic (exact) mass is 310 g/mol. The topological polar surface area (TPSA) is 59.6 Å². The third-order valence-corrected chi connectivity index (χ3v) is 4.57. The highest BCUT2D eigenvalue weighted by Crippen LogP contribution is 2.29. The van der Waals surface area contributed by atoms with Crippen molar-refractivity contribution in [1.82, 2.24) is 10.6 Å². The van der Waals surface area contributed by atoms with E-state index in [9.17, 15) is 4.79 Å². The number of methoxy groups -OCH3 is 2. The van der Waals surface area contributed by atoms with E-state index in [4.69, 9.17) is 9.47 Å². The molecule has 1 amide bonds. The highest BCUT2D eigenvalue weighted by molar-refractivity contribution is 7.99. The first-order chi connectivity index (χ1) is 10.2. The van der Waals surface area contributed by atoms with E-state index in [0.717, 1.165) is 29.4 Å². The van der Waals surface area contributed by atoms with E-state index in [1.807, 2.05) is 25.1 Å². The second-order valence-electron chi connectivity index (χ2n) is 4.92. The molecule has 6 heteroatoms. The van der Waals surface area contributed by atoms with Gasteiger partial charge in [0.25, 0.3) is 0 Å². The fourth-order valence-corrected chi connectivity index (χ4v) is 3.24. The number of rotatable bonds is 5. The van der Waals surface area contributed by atoms with Gasteiger partial charge in [0.1, 0.15) is 11.5 Å². The van der Waals surface area contributed by atoms with Crippen LogP contribution in [0.3, 0.4) is 0 Å². The van der Waals surface area contributed by atoms with Crippen molar-refractivity contribution in [3.05, 3.63) is 23.8 Å². The molecule has 0 bridgehead atoms. The van der Waals surface area contributed by atoms with Crippen LogP contribution >= 0.6 is 11.8 Å². The van der Waals surface area contributed by atoms with Gasteiger partial charge in [-0.1, -0.05) is 0 Å². The summed E-state index contributed by atoms with van der Waals surface area (Å²) in [6.07, 6.45) is 0. The van der Waals surface area contributed by atoms with E-state index in [-0.39, 0.29) is 18.0 Å². The van der Waals surface area contributed by atoms with E-state index in [2.05, 4.69) is 10.6 Å². The molecule has 0 saturated carbocycles.